The highest BCUT2D eigenvalue weighted by molar-refractivity contribution is 5.13. The summed E-state index contributed by atoms with van der Waals surface area (Å²) in [5.41, 5.74) is 1.21. The van der Waals surface area contributed by atoms with Gasteiger partial charge < -0.3 is 18.9 Å². The van der Waals surface area contributed by atoms with E-state index >= 15 is 0 Å². The Kier molecular flexibility index (Phi) is 9.36. The molecule has 1 aromatic rings. The summed E-state index contributed by atoms with van der Waals surface area (Å²) in [5, 5.41) is 0. The molecule has 0 amide bonds. The Morgan fingerprint density at radius 1 is 1.04 bits per heavy atom. The Labute approximate surface area is 146 Å². The lowest BCUT2D eigenvalue weighted by Crippen LogP contribution is -2.27. The van der Waals surface area contributed by atoms with Gasteiger partial charge in [0.15, 0.2) is 6.29 Å². The van der Waals surface area contributed by atoms with Gasteiger partial charge in [0.2, 0.25) is 0 Å². The second-order valence-corrected chi connectivity index (χ2v) is 6.54. The predicted octanol–water partition coefficient (Wildman–Crippen LogP) is 4.32. The van der Waals surface area contributed by atoms with Crippen molar-refractivity contribution in [2.45, 2.75) is 71.1 Å². The molecule has 0 bridgehead atoms. The third-order valence-corrected chi connectivity index (χ3v) is 4.23. The van der Waals surface area contributed by atoms with Gasteiger partial charge in [0, 0.05) is 19.8 Å². The molecule has 0 spiro atoms. The van der Waals surface area contributed by atoms with Crippen molar-refractivity contribution in [3.8, 4) is 0 Å². The van der Waals surface area contributed by atoms with Crippen LogP contribution in [0.3, 0.4) is 0 Å². The topological polar surface area (TPSA) is 36.9 Å². The van der Waals surface area contributed by atoms with Crippen molar-refractivity contribution in [2.24, 2.45) is 0 Å². The molecule has 4 heteroatoms. The van der Waals surface area contributed by atoms with Gasteiger partial charge in [-0.2, -0.15) is 0 Å². The first-order valence-corrected chi connectivity index (χ1v) is 9.24. The number of benzene rings is 1. The maximum atomic E-state index is 5.89. The van der Waals surface area contributed by atoms with Crippen molar-refractivity contribution in [3.63, 3.8) is 0 Å². The largest absolute Gasteiger partial charge is 0.378 e. The highest BCUT2D eigenvalue weighted by Crippen LogP contribution is 2.16. The molecule has 0 N–H and O–H groups in total. The monoisotopic (exact) mass is 336 g/mol. The first-order valence-electron chi connectivity index (χ1n) is 9.24. The van der Waals surface area contributed by atoms with Crippen LogP contribution in [-0.2, 0) is 25.6 Å². The van der Waals surface area contributed by atoms with E-state index < -0.39 is 0 Å². The van der Waals surface area contributed by atoms with Gasteiger partial charge in [-0.25, -0.2) is 0 Å². The van der Waals surface area contributed by atoms with E-state index in [-0.39, 0.29) is 18.5 Å². The molecule has 3 atom stereocenters. The van der Waals surface area contributed by atoms with Gasteiger partial charge in [-0.15, -0.1) is 0 Å². The third-order valence-electron chi connectivity index (χ3n) is 4.23. The Morgan fingerprint density at radius 2 is 1.83 bits per heavy atom. The lowest BCUT2D eigenvalue weighted by atomic mass is 10.2. The predicted molar refractivity (Wildman–Crippen MR) is 94.9 cm³/mol. The number of hydrogen-bond donors (Lipinski definition) is 0. The molecule has 24 heavy (non-hydrogen) atoms. The van der Waals surface area contributed by atoms with Gasteiger partial charge in [-0.1, -0.05) is 30.3 Å². The molecule has 136 valence electrons. The molecular formula is C20H32O4. The Morgan fingerprint density at radius 3 is 2.58 bits per heavy atom. The molecule has 1 fully saturated rings. The van der Waals surface area contributed by atoms with Crippen LogP contribution in [0.2, 0.25) is 0 Å². The van der Waals surface area contributed by atoms with E-state index in [2.05, 4.69) is 26.0 Å². The van der Waals surface area contributed by atoms with E-state index in [0.29, 0.717) is 13.2 Å². The minimum absolute atomic E-state index is 0.0161. The SMILES string of the molecule is C[C@@H](CCOCc1ccccc1)OCC[C@H](C)OC1CCCCO1. The van der Waals surface area contributed by atoms with Gasteiger partial charge in [-0.3, -0.25) is 0 Å². The Balaban J connectivity index is 1.46. The van der Waals surface area contributed by atoms with Crippen LogP contribution in [0.1, 0.15) is 51.5 Å². The molecule has 1 saturated heterocycles. The number of hydrogen-bond acceptors (Lipinski definition) is 4. The third kappa shape index (κ3) is 8.25. The zero-order chi connectivity index (χ0) is 17.0. The zero-order valence-corrected chi connectivity index (χ0v) is 15.1. The average Bonchev–Trinajstić information content (AvgIpc) is 2.60. The van der Waals surface area contributed by atoms with E-state index in [1.165, 1.54) is 12.0 Å². The summed E-state index contributed by atoms with van der Waals surface area (Å²) in [6, 6.07) is 10.2. The van der Waals surface area contributed by atoms with Crippen molar-refractivity contribution >= 4 is 0 Å². The van der Waals surface area contributed by atoms with Crippen LogP contribution < -0.4 is 0 Å². The summed E-state index contributed by atoms with van der Waals surface area (Å²) in [4.78, 5) is 0. The molecular weight excluding hydrogens is 304 g/mol. The molecule has 2 rings (SSSR count). The fourth-order valence-electron chi connectivity index (χ4n) is 2.68. The molecule has 1 unspecified atom stereocenters. The highest BCUT2D eigenvalue weighted by atomic mass is 16.7. The van der Waals surface area contributed by atoms with Crippen LogP contribution in [0.25, 0.3) is 0 Å². The second kappa shape index (κ2) is 11.6. The molecule has 0 radical (unpaired) electrons. The molecule has 1 aliphatic rings. The minimum Gasteiger partial charge on any atom is -0.378 e. The maximum absolute atomic E-state index is 5.89. The van der Waals surface area contributed by atoms with Crippen LogP contribution in [0.15, 0.2) is 30.3 Å². The van der Waals surface area contributed by atoms with E-state index in [1.807, 2.05) is 18.2 Å². The van der Waals surface area contributed by atoms with Crippen LogP contribution in [0.4, 0.5) is 0 Å². The van der Waals surface area contributed by atoms with Crippen LogP contribution in [0, 0.1) is 0 Å². The fraction of sp³-hybridized carbons (Fsp3) is 0.700. The Hall–Kier alpha value is -0.940. The summed E-state index contributed by atoms with van der Waals surface area (Å²) in [6.07, 6.45) is 5.55. The van der Waals surface area contributed by atoms with Crippen LogP contribution in [0.5, 0.6) is 0 Å². The lowest BCUT2D eigenvalue weighted by Gasteiger charge is -2.26. The maximum Gasteiger partial charge on any atom is 0.157 e. The van der Waals surface area contributed by atoms with E-state index in [0.717, 1.165) is 38.9 Å². The van der Waals surface area contributed by atoms with Gasteiger partial charge in [0.25, 0.3) is 0 Å². The first-order chi connectivity index (χ1) is 11.7. The second-order valence-electron chi connectivity index (χ2n) is 6.54. The smallest absolute Gasteiger partial charge is 0.157 e. The standard InChI is InChI=1S/C20H32O4/c1-17(11-14-21-16-19-8-4-3-5-9-19)22-15-12-18(2)24-20-10-6-7-13-23-20/h3-5,8-9,17-18,20H,6-7,10-16H2,1-2H3/t17-,18-,20?/m0/s1. The van der Waals surface area contributed by atoms with Crippen molar-refractivity contribution < 1.29 is 18.9 Å². The van der Waals surface area contributed by atoms with Crippen LogP contribution in [-0.4, -0.2) is 38.3 Å². The van der Waals surface area contributed by atoms with Crippen LogP contribution >= 0.6 is 0 Å². The Bertz CT molecular complexity index is 417. The van der Waals surface area contributed by atoms with E-state index in [9.17, 15) is 0 Å². The average molecular weight is 336 g/mol. The summed E-state index contributed by atoms with van der Waals surface area (Å²) in [5.74, 6) is 0. The molecule has 1 aliphatic heterocycles. The summed E-state index contributed by atoms with van der Waals surface area (Å²) in [6.45, 7) is 7.12. The molecule has 4 nitrogen and oxygen atoms in total. The summed E-state index contributed by atoms with van der Waals surface area (Å²) in [7, 11) is 0. The van der Waals surface area contributed by atoms with Gasteiger partial charge in [-0.05, 0) is 51.5 Å². The zero-order valence-electron chi connectivity index (χ0n) is 15.1. The van der Waals surface area contributed by atoms with Gasteiger partial charge in [0.05, 0.1) is 18.8 Å². The van der Waals surface area contributed by atoms with Crippen molar-refractivity contribution in [1.82, 2.24) is 0 Å². The van der Waals surface area contributed by atoms with E-state index in [4.69, 9.17) is 18.9 Å². The van der Waals surface area contributed by atoms with Gasteiger partial charge >= 0.3 is 0 Å². The quantitative estimate of drug-likeness (QED) is 0.564. The normalized spacial score (nSPS) is 20.7. The molecule has 0 aliphatic carbocycles. The molecule has 0 saturated carbocycles. The molecule has 1 aromatic carbocycles. The number of rotatable bonds is 11. The van der Waals surface area contributed by atoms with E-state index in [1.54, 1.807) is 0 Å². The first kappa shape index (κ1) is 19.4. The van der Waals surface area contributed by atoms with Gasteiger partial charge in [0.1, 0.15) is 0 Å². The molecule has 1 heterocycles. The lowest BCUT2D eigenvalue weighted by molar-refractivity contribution is -0.187. The molecule has 0 aromatic heterocycles. The summed E-state index contributed by atoms with van der Waals surface area (Å²) < 4.78 is 23.0. The van der Waals surface area contributed by atoms with Crippen molar-refractivity contribution in [1.29, 1.82) is 0 Å². The minimum atomic E-state index is -0.0161. The van der Waals surface area contributed by atoms with Crippen molar-refractivity contribution in [3.05, 3.63) is 35.9 Å². The summed E-state index contributed by atoms with van der Waals surface area (Å²) >= 11 is 0. The number of ether oxygens (including phenoxy) is 4. The van der Waals surface area contributed by atoms with Crippen molar-refractivity contribution in [2.75, 3.05) is 19.8 Å². The highest BCUT2D eigenvalue weighted by Gasteiger charge is 2.17. The fourth-order valence-corrected chi connectivity index (χ4v) is 2.68.